The Labute approximate surface area is 77.3 Å². The van der Waals surface area contributed by atoms with Crippen LogP contribution in [-0.4, -0.2) is 28.5 Å². The Kier molecular flexibility index (Phi) is 2.30. The Balaban J connectivity index is 2.89. The van der Waals surface area contributed by atoms with Crippen molar-refractivity contribution in [2.24, 2.45) is 5.73 Å². The van der Waals surface area contributed by atoms with Gasteiger partial charge in [-0.1, -0.05) is 6.92 Å². The Hall–Kier alpha value is -1.10. The maximum atomic E-state index is 11.6. The van der Waals surface area contributed by atoms with Crippen molar-refractivity contribution in [2.45, 2.75) is 38.9 Å². The van der Waals surface area contributed by atoms with Crippen molar-refractivity contribution in [3.8, 4) is 0 Å². The van der Waals surface area contributed by atoms with Crippen molar-refractivity contribution >= 4 is 11.9 Å². The molecule has 3 amide bonds. The summed E-state index contributed by atoms with van der Waals surface area (Å²) in [5, 5.41) is 2.57. The van der Waals surface area contributed by atoms with Crippen LogP contribution in [0.4, 0.5) is 4.79 Å². The van der Waals surface area contributed by atoms with Crippen molar-refractivity contribution in [3.05, 3.63) is 0 Å². The van der Waals surface area contributed by atoms with Gasteiger partial charge in [-0.05, 0) is 20.3 Å². The molecule has 1 heterocycles. The smallest absolute Gasteiger partial charge is 0.324 e. The maximum absolute atomic E-state index is 11.6. The van der Waals surface area contributed by atoms with Gasteiger partial charge in [-0.2, -0.15) is 0 Å². The van der Waals surface area contributed by atoms with Gasteiger partial charge < -0.3 is 11.1 Å². The Morgan fingerprint density at radius 3 is 2.38 bits per heavy atom. The summed E-state index contributed by atoms with van der Waals surface area (Å²) in [6.07, 6.45) is 0.0455. The van der Waals surface area contributed by atoms with E-state index in [2.05, 4.69) is 5.32 Å². The number of hydrogen-bond donors (Lipinski definition) is 2. The van der Waals surface area contributed by atoms with Crippen LogP contribution in [-0.2, 0) is 4.79 Å². The number of nitrogens with two attached hydrogens (primary N) is 1. The average Bonchev–Trinajstić information content (AvgIpc) is 2.21. The quantitative estimate of drug-likeness (QED) is 0.595. The number of hydrogen-bond acceptors (Lipinski definition) is 3. The lowest BCUT2D eigenvalue weighted by molar-refractivity contribution is -0.131. The van der Waals surface area contributed by atoms with Gasteiger partial charge in [-0.25, -0.2) is 9.69 Å². The molecule has 1 atom stereocenters. The molecule has 0 saturated carbocycles. The van der Waals surface area contributed by atoms with Crippen molar-refractivity contribution in [1.29, 1.82) is 0 Å². The number of nitrogens with one attached hydrogen (secondary N) is 1. The van der Waals surface area contributed by atoms with Gasteiger partial charge in [0.05, 0.1) is 6.17 Å². The molecule has 5 nitrogen and oxygen atoms in total. The Morgan fingerprint density at radius 1 is 1.54 bits per heavy atom. The van der Waals surface area contributed by atoms with Crippen molar-refractivity contribution in [2.75, 3.05) is 0 Å². The van der Waals surface area contributed by atoms with Gasteiger partial charge in [0.15, 0.2) is 0 Å². The van der Waals surface area contributed by atoms with Crippen molar-refractivity contribution in [3.63, 3.8) is 0 Å². The number of rotatable bonds is 2. The van der Waals surface area contributed by atoms with Gasteiger partial charge in [0.1, 0.15) is 5.54 Å². The molecule has 3 N–H and O–H groups in total. The lowest BCUT2D eigenvalue weighted by atomic mass is 10.1. The number of carbonyl (C=O) groups excluding carboxylic acids is 2. The molecule has 1 fully saturated rings. The number of urea groups is 1. The fourth-order valence-corrected chi connectivity index (χ4v) is 1.26. The molecule has 0 aromatic rings. The van der Waals surface area contributed by atoms with E-state index in [9.17, 15) is 9.59 Å². The van der Waals surface area contributed by atoms with Crippen LogP contribution in [0.25, 0.3) is 0 Å². The molecule has 0 aromatic carbocycles. The fraction of sp³-hybridized carbons (Fsp3) is 0.750. The standard InChI is InChI=1S/C8H15N3O2/c1-4-5(9)11-6(12)8(2,3)10-7(11)13/h5H,4,9H2,1-3H3,(H,10,13). The average molecular weight is 185 g/mol. The van der Waals surface area contributed by atoms with Crippen LogP contribution in [0.2, 0.25) is 0 Å². The molecule has 5 heteroatoms. The van der Waals surface area contributed by atoms with E-state index < -0.39 is 17.7 Å². The van der Waals surface area contributed by atoms with Crippen LogP contribution in [0, 0.1) is 0 Å². The highest BCUT2D eigenvalue weighted by Crippen LogP contribution is 2.18. The molecule has 1 unspecified atom stereocenters. The van der Waals surface area contributed by atoms with Crippen LogP contribution in [0.1, 0.15) is 27.2 Å². The van der Waals surface area contributed by atoms with E-state index >= 15 is 0 Å². The van der Waals surface area contributed by atoms with E-state index in [0.29, 0.717) is 6.42 Å². The van der Waals surface area contributed by atoms with E-state index in [1.165, 1.54) is 0 Å². The predicted octanol–water partition coefficient (Wildman–Crippen LogP) is 0.0116. The van der Waals surface area contributed by atoms with Gasteiger partial charge in [0, 0.05) is 0 Å². The van der Waals surface area contributed by atoms with Crippen molar-refractivity contribution in [1.82, 2.24) is 10.2 Å². The van der Waals surface area contributed by atoms with Gasteiger partial charge in [0.2, 0.25) is 0 Å². The molecular weight excluding hydrogens is 170 g/mol. The first-order valence-corrected chi connectivity index (χ1v) is 4.31. The van der Waals surface area contributed by atoms with E-state index in [4.69, 9.17) is 5.73 Å². The second kappa shape index (κ2) is 2.99. The van der Waals surface area contributed by atoms with Gasteiger partial charge in [-0.15, -0.1) is 0 Å². The zero-order valence-electron chi connectivity index (χ0n) is 8.13. The largest absolute Gasteiger partial charge is 0.326 e. The minimum Gasteiger partial charge on any atom is -0.324 e. The topological polar surface area (TPSA) is 75.4 Å². The molecule has 13 heavy (non-hydrogen) atoms. The molecule has 0 radical (unpaired) electrons. The van der Waals surface area contributed by atoms with Crippen molar-refractivity contribution < 1.29 is 9.59 Å². The second-order valence-electron chi connectivity index (χ2n) is 3.71. The lowest BCUT2D eigenvalue weighted by Gasteiger charge is -2.20. The summed E-state index contributed by atoms with van der Waals surface area (Å²) < 4.78 is 0. The van der Waals surface area contributed by atoms with E-state index in [0.717, 1.165) is 4.90 Å². The van der Waals surface area contributed by atoms with Gasteiger partial charge >= 0.3 is 6.03 Å². The minimum atomic E-state index is -0.816. The predicted molar refractivity (Wildman–Crippen MR) is 47.7 cm³/mol. The van der Waals surface area contributed by atoms with Crippen LogP contribution < -0.4 is 11.1 Å². The fourth-order valence-electron chi connectivity index (χ4n) is 1.26. The molecule has 1 rings (SSSR count). The highest BCUT2D eigenvalue weighted by molar-refractivity contribution is 6.06. The third-order valence-corrected chi connectivity index (χ3v) is 2.14. The molecule has 1 aliphatic rings. The molecule has 0 bridgehead atoms. The first-order valence-electron chi connectivity index (χ1n) is 4.31. The van der Waals surface area contributed by atoms with E-state index in [1.807, 2.05) is 6.92 Å². The highest BCUT2D eigenvalue weighted by atomic mass is 16.2. The lowest BCUT2D eigenvalue weighted by Crippen LogP contribution is -2.47. The number of nitrogens with zero attached hydrogens (tertiary/aromatic N) is 1. The summed E-state index contributed by atoms with van der Waals surface area (Å²) in [7, 11) is 0. The summed E-state index contributed by atoms with van der Waals surface area (Å²) in [6.45, 7) is 5.15. The van der Waals surface area contributed by atoms with Crippen LogP contribution in [0.3, 0.4) is 0 Å². The van der Waals surface area contributed by atoms with Gasteiger partial charge in [-0.3, -0.25) is 4.79 Å². The minimum absolute atomic E-state index is 0.258. The first-order chi connectivity index (χ1) is 5.90. The summed E-state index contributed by atoms with van der Waals surface area (Å²) in [5.74, 6) is -0.258. The molecule has 1 saturated heterocycles. The number of imide groups is 1. The van der Waals surface area contributed by atoms with Gasteiger partial charge in [0.25, 0.3) is 5.91 Å². The number of carbonyl (C=O) groups is 2. The van der Waals surface area contributed by atoms with Crippen LogP contribution >= 0.6 is 0 Å². The summed E-state index contributed by atoms with van der Waals surface area (Å²) in [5.41, 5.74) is 4.81. The molecule has 0 spiro atoms. The van der Waals surface area contributed by atoms with E-state index in [-0.39, 0.29) is 5.91 Å². The van der Waals surface area contributed by atoms with Crippen LogP contribution in [0.5, 0.6) is 0 Å². The Morgan fingerprint density at radius 2 is 2.08 bits per heavy atom. The third kappa shape index (κ3) is 1.51. The molecule has 74 valence electrons. The summed E-state index contributed by atoms with van der Waals surface area (Å²) >= 11 is 0. The normalized spacial score (nSPS) is 23.2. The second-order valence-corrected chi connectivity index (χ2v) is 3.71. The molecule has 0 aromatic heterocycles. The molecule has 0 aliphatic carbocycles. The first kappa shape index (κ1) is 9.98. The maximum Gasteiger partial charge on any atom is 0.326 e. The number of amides is 3. The monoisotopic (exact) mass is 185 g/mol. The third-order valence-electron chi connectivity index (χ3n) is 2.14. The SMILES string of the molecule is CCC(N)N1C(=O)NC(C)(C)C1=O. The van der Waals surface area contributed by atoms with Crippen LogP contribution in [0.15, 0.2) is 0 Å². The summed E-state index contributed by atoms with van der Waals surface area (Å²) in [6, 6.07) is -0.399. The Bertz CT molecular complexity index is 250. The molecular formula is C8H15N3O2. The zero-order chi connectivity index (χ0) is 10.2. The zero-order valence-corrected chi connectivity index (χ0v) is 8.13. The van der Waals surface area contributed by atoms with E-state index in [1.54, 1.807) is 13.8 Å². The summed E-state index contributed by atoms with van der Waals surface area (Å²) in [4.78, 5) is 24.0. The highest BCUT2D eigenvalue weighted by Gasteiger charge is 2.45. The molecule has 1 aliphatic heterocycles.